The first-order valence-electron chi connectivity index (χ1n) is 9.44. The SMILES string of the molecule is CN1C2=C(SC1c1ccc(N3CCCC3)nc1F)C(=O)N(/C(=C/S)CN)CC2. The smallest absolute Gasteiger partial charge is 0.266 e. The van der Waals surface area contributed by atoms with Crippen LogP contribution in [0.1, 0.15) is 30.2 Å². The Kier molecular flexibility index (Phi) is 5.57. The molecule has 1 saturated heterocycles. The number of nitrogens with two attached hydrogens (primary N) is 1. The lowest BCUT2D eigenvalue weighted by atomic mass is 10.1. The van der Waals surface area contributed by atoms with Gasteiger partial charge in [0.05, 0.1) is 4.91 Å². The highest BCUT2D eigenvalue weighted by Gasteiger charge is 2.41. The molecule has 0 aliphatic carbocycles. The first kappa shape index (κ1) is 19.6. The topological polar surface area (TPSA) is 65.7 Å². The van der Waals surface area contributed by atoms with E-state index in [2.05, 4.69) is 22.5 Å². The van der Waals surface area contributed by atoms with Gasteiger partial charge in [0, 0.05) is 56.6 Å². The number of thiol groups is 1. The maximum absolute atomic E-state index is 14.9. The zero-order valence-corrected chi connectivity index (χ0v) is 17.5. The highest BCUT2D eigenvalue weighted by molar-refractivity contribution is 8.04. The van der Waals surface area contributed by atoms with Crippen LogP contribution in [-0.4, -0.2) is 53.9 Å². The maximum atomic E-state index is 14.9. The normalized spacial score (nSPS) is 23.1. The number of anilines is 1. The van der Waals surface area contributed by atoms with Gasteiger partial charge in [-0.3, -0.25) is 4.79 Å². The van der Waals surface area contributed by atoms with Gasteiger partial charge in [0.15, 0.2) is 0 Å². The van der Waals surface area contributed by atoms with Gasteiger partial charge in [-0.1, -0.05) is 11.8 Å². The average molecular weight is 422 g/mol. The van der Waals surface area contributed by atoms with Crippen molar-refractivity contribution in [2.75, 3.05) is 38.1 Å². The number of hydrogen-bond acceptors (Lipinski definition) is 7. The van der Waals surface area contributed by atoms with Gasteiger partial charge in [-0.2, -0.15) is 4.39 Å². The molecule has 1 unspecified atom stereocenters. The Hall–Kier alpha value is -1.71. The summed E-state index contributed by atoms with van der Waals surface area (Å²) >= 11 is 5.55. The average Bonchev–Trinajstić information content (AvgIpc) is 3.34. The molecule has 150 valence electrons. The summed E-state index contributed by atoms with van der Waals surface area (Å²) in [5, 5.41) is 1.28. The van der Waals surface area contributed by atoms with Crippen LogP contribution in [0.25, 0.3) is 0 Å². The Morgan fingerprint density at radius 3 is 2.79 bits per heavy atom. The summed E-state index contributed by atoms with van der Waals surface area (Å²) in [5.41, 5.74) is 7.89. The Labute approximate surface area is 174 Å². The van der Waals surface area contributed by atoms with Gasteiger partial charge in [-0.05, 0) is 30.4 Å². The van der Waals surface area contributed by atoms with E-state index in [1.54, 1.807) is 10.3 Å². The van der Waals surface area contributed by atoms with Crippen LogP contribution in [-0.2, 0) is 4.79 Å². The summed E-state index contributed by atoms with van der Waals surface area (Å²) in [6.45, 7) is 2.64. The molecule has 4 rings (SSSR count). The van der Waals surface area contributed by atoms with Crippen LogP contribution in [0.15, 0.2) is 33.8 Å². The highest BCUT2D eigenvalue weighted by Crippen LogP contribution is 2.50. The standard InChI is InChI=1S/C19H24FN5OS2/c1-23-14-6-9-25(12(10-21)11-27)18(26)16(14)28-19(23)13-4-5-15(22-17(13)20)24-7-2-3-8-24/h4-5,11,19,27H,2-3,6-10,21H2,1H3/b12-11+. The number of aromatic nitrogens is 1. The van der Waals surface area contributed by atoms with Gasteiger partial charge >= 0.3 is 0 Å². The van der Waals surface area contributed by atoms with E-state index in [4.69, 9.17) is 5.73 Å². The van der Waals surface area contributed by atoms with E-state index in [-0.39, 0.29) is 17.8 Å². The Morgan fingerprint density at radius 1 is 1.39 bits per heavy atom. The fourth-order valence-electron chi connectivity index (χ4n) is 3.99. The molecule has 3 aliphatic rings. The third-order valence-electron chi connectivity index (χ3n) is 5.54. The molecule has 2 N–H and O–H groups in total. The summed E-state index contributed by atoms with van der Waals surface area (Å²) in [6.07, 6.45) is 2.94. The lowest BCUT2D eigenvalue weighted by Gasteiger charge is -2.30. The van der Waals surface area contributed by atoms with Crippen LogP contribution < -0.4 is 10.6 Å². The van der Waals surface area contributed by atoms with Crippen LogP contribution >= 0.6 is 24.4 Å². The van der Waals surface area contributed by atoms with Crippen molar-refractivity contribution in [3.05, 3.63) is 45.4 Å². The minimum atomic E-state index is -0.462. The van der Waals surface area contributed by atoms with E-state index in [9.17, 15) is 9.18 Å². The fraction of sp³-hybridized carbons (Fsp3) is 0.474. The van der Waals surface area contributed by atoms with Gasteiger partial charge < -0.3 is 20.4 Å². The van der Waals surface area contributed by atoms with E-state index in [1.807, 2.05) is 24.1 Å². The monoisotopic (exact) mass is 421 g/mol. The van der Waals surface area contributed by atoms with Crippen molar-refractivity contribution < 1.29 is 9.18 Å². The van der Waals surface area contributed by atoms with Crippen LogP contribution in [0.3, 0.4) is 0 Å². The molecule has 0 aromatic carbocycles. The Bertz CT molecular complexity index is 853. The van der Waals surface area contributed by atoms with Gasteiger partial charge in [0.25, 0.3) is 5.91 Å². The van der Waals surface area contributed by atoms with Crippen molar-refractivity contribution in [3.8, 4) is 0 Å². The molecule has 0 saturated carbocycles. The quantitative estimate of drug-likeness (QED) is 0.576. The van der Waals surface area contributed by atoms with E-state index in [1.165, 1.54) is 11.8 Å². The second-order valence-electron chi connectivity index (χ2n) is 7.13. The predicted molar refractivity (Wildman–Crippen MR) is 113 cm³/mol. The summed E-state index contributed by atoms with van der Waals surface area (Å²) in [7, 11) is 1.91. The van der Waals surface area contributed by atoms with Gasteiger partial charge in [-0.25, -0.2) is 4.98 Å². The molecule has 4 heterocycles. The molecule has 28 heavy (non-hydrogen) atoms. The molecule has 3 aliphatic heterocycles. The molecule has 1 amide bonds. The Morgan fingerprint density at radius 2 is 2.14 bits per heavy atom. The van der Waals surface area contributed by atoms with E-state index < -0.39 is 5.95 Å². The molecular weight excluding hydrogens is 397 g/mol. The molecule has 6 nitrogen and oxygen atoms in total. The molecule has 1 aromatic rings. The molecule has 1 fully saturated rings. The maximum Gasteiger partial charge on any atom is 0.266 e. The first-order valence-corrected chi connectivity index (χ1v) is 10.8. The number of nitrogens with zero attached hydrogens (tertiary/aromatic N) is 4. The number of hydrogen-bond donors (Lipinski definition) is 2. The third kappa shape index (κ3) is 3.29. The number of carbonyl (C=O) groups is 1. The first-order chi connectivity index (χ1) is 13.5. The molecule has 1 aromatic heterocycles. The van der Waals surface area contributed by atoms with Crippen molar-refractivity contribution in [1.29, 1.82) is 0 Å². The van der Waals surface area contributed by atoms with E-state index in [0.29, 0.717) is 34.9 Å². The number of pyridine rings is 1. The Balaban J connectivity index is 1.57. The van der Waals surface area contributed by atoms with Gasteiger partial charge in [-0.15, -0.1) is 12.6 Å². The van der Waals surface area contributed by atoms with E-state index >= 15 is 0 Å². The zero-order chi connectivity index (χ0) is 19.8. The van der Waals surface area contributed by atoms with E-state index in [0.717, 1.165) is 31.6 Å². The van der Waals surface area contributed by atoms with Crippen LogP contribution in [0.5, 0.6) is 0 Å². The second-order valence-corrected chi connectivity index (χ2v) is 8.48. The highest BCUT2D eigenvalue weighted by atomic mass is 32.2. The predicted octanol–water partition coefficient (Wildman–Crippen LogP) is 2.67. The fourth-order valence-corrected chi connectivity index (χ4v) is 5.64. The number of carbonyl (C=O) groups excluding carboxylic acids is 1. The molecule has 0 radical (unpaired) electrons. The number of halogens is 1. The summed E-state index contributed by atoms with van der Waals surface area (Å²) in [5.74, 6) is 0.139. The molecule has 0 bridgehead atoms. The summed E-state index contributed by atoms with van der Waals surface area (Å²) in [4.78, 5) is 23.6. The lowest BCUT2D eigenvalue weighted by Crippen LogP contribution is -2.38. The summed E-state index contributed by atoms with van der Waals surface area (Å²) < 4.78 is 14.9. The van der Waals surface area contributed by atoms with Crippen LogP contribution in [0.4, 0.5) is 10.2 Å². The summed E-state index contributed by atoms with van der Waals surface area (Å²) in [6, 6.07) is 3.70. The van der Waals surface area contributed by atoms with Crippen molar-refractivity contribution in [2.45, 2.75) is 24.6 Å². The minimum Gasteiger partial charge on any atom is -0.360 e. The van der Waals surface area contributed by atoms with Gasteiger partial charge in [0.1, 0.15) is 11.2 Å². The number of thioether (sulfide) groups is 1. The van der Waals surface area contributed by atoms with Crippen LogP contribution in [0, 0.1) is 5.95 Å². The molecule has 1 atom stereocenters. The second kappa shape index (κ2) is 7.96. The molecule has 9 heteroatoms. The number of rotatable bonds is 4. The lowest BCUT2D eigenvalue weighted by molar-refractivity contribution is -0.125. The molecular formula is C19H24FN5OS2. The van der Waals surface area contributed by atoms with Crippen LogP contribution in [0.2, 0.25) is 0 Å². The largest absolute Gasteiger partial charge is 0.360 e. The zero-order valence-electron chi connectivity index (χ0n) is 15.8. The minimum absolute atomic E-state index is 0.0894. The molecule has 0 spiro atoms. The van der Waals surface area contributed by atoms with Gasteiger partial charge in [0.2, 0.25) is 5.95 Å². The van der Waals surface area contributed by atoms with Crippen molar-refractivity contribution >= 4 is 36.1 Å². The van der Waals surface area contributed by atoms with Crippen molar-refractivity contribution in [3.63, 3.8) is 0 Å². The third-order valence-corrected chi connectivity index (χ3v) is 7.28. The van der Waals surface area contributed by atoms with Crippen molar-refractivity contribution in [1.82, 2.24) is 14.8 Å². The number of amides is 1. The van der Waals surface area contributed by atoms with Crippen molar-refractivity contribution in [2.24, 2.45) is 5.73 Å².